The van der Waals surface area contributed by atoms with Crippen LogP contribution in [0.15, 0.2) is 30.3 Å². The number of nitrogens with two attached hydrogens (primary N) is 1. The molecule has 1 saturated heterocycles. The van der Waals surface area contributed by atoms with E-state index < -0.39 is 53.3 Å². The summed E-state index contributed by atoms with van der Waals surface area (Å²) in [5.41, 5.74) is 5.90. The Bertz CT molecular complexity index is 1220. The van der Waals surface area contributed by atoms with Crippen LogP contribution in [0.4, 0.5) is 9.59 Å². The topological polar surface area (TPSA) is 181 Å². The molecule has 1 fully saturated rings. The van der Waals surface area contributed by atoms with Crippen molar-refractivity contribution < 1.29 is 33.4 Å². The first-order valence-corrected chi connectivity index (χ1v) is 17.5. The lowest BCUT2D eigenvalue weighted by molar-refractivity contribution is -0.138. The number of unbranched alkanes of at least 4 members (excludes halogenated alkanes) is 1. The maximum absolute atomic E-state index is 13.9. The first-order chi connectivity index (χ1) is 22.8. The molecule has 0 radical (unpaired) electrons. The average Bonchev–Trinajstić information content (AvgIpc) is 2.98. The Morgan fingerprint density at radius 1 is 0.837 bits per heavy atom. The Morgan fingerprint density at radius 3 is 1.98 bits per heavy atom. The summed E-state index contributed by atoms with van der Waals surface area (Å²) in [6, 6.07) is 6.68. The molecule has 0 aromatic heterocycles. The molecule has 1 aliphatic heterocycles. The summed E-state index contributed by atoms with van der Waals surface area (Å²) >= 11 is 0. The number of piperidine rings is 1. The monoisotopic (exact) mass is 688 g/mol. The van der Waals surface area contributed by atoms with Crippen molar-refractivity contribution in [3.05, 3.63) is 35.9 Å². The zero-order chi connectivity index (χ0) is 36.8. The van der Waals surface area contributed by atoms with Gasteiger partial charge in [0.15, 0.2) is 0 Å². The summed E-state index contributed by atoms with van der Waals surface area (Å²) < 4.78 is 10.7. The zero-order valence-electron chi connectivity index (χ0n) is 30.7. The highest BCUT2D eigenvalue weighted by Crippen LogP contribution is 2.16. The first kappa shape index (κ1) is 41.3. The van der Waals surface area contributed by atoms with Crippen molar-refractivity contribution in [3.8, 4) is 0 Å². The Balaban J connectivity index is 2.09. The third-order valence-corrected chi connectivity index (χ3v) is 7.71. The van der Waals surface area contributed by atoms with E-state index in [-0.39, 0.29) is 17.9 Å². The summed E-state index contributed by atoms with van der Waals surface area (Å²) in [4.78, 5) is 66.7. The van der Waals surface area contributed by atoms with Crippen LogP contribution in [0.2, 0.25) is 0 Å². The van der Waals surface area contributed by atoms with E-state index in [1.807, 2.05) is 44.2 Å². The number of hydrogen-bond acceptors (Lipinski definition) is 8. The van der Waals surface area contributed by atoms with E-state index in [1.165, 1.54) is 0 Å². The lowest BCUT2D eigenvalue weighted by atomic mass is 9.99. The fourth-order valence-corrected chi connectivity index (χ4v) is 5.39. The third-order valence-electron chi connectivity index (χ3n) is 7.71. The van der Waals surface area contributed by atoms with Crippen LogP contribution < -0.4 is 27.0 Å². The number of ether oxygens (including phenoxy) is 2. The molecule has 6 N–H and O–H groups in total. The van der Waals surface area contributed by atoms with E-state index in [0.29, 0.717) is 64.6 Å². The summed E-state index contributed by atoms with van der Waals surface area (Å²) in [7, 11) is 0. The average molecular weight is 689 g/mol. The first-order valence-electron chi connectivity index (χ1n) is 17.5. The van der Waals surface area contributed by atoms with E-state index in [0.717, 1.165) is 5.56 Å². The predicted molar refractivity (Wildman–Crippen MR) is 188 cm³/mol. The molecule has 13 heteroatoms. The molecule has 2 rings (SSSR count). The van der Waals surface area contributed by atoms with Gasteiger partial charge in [-0.1, -0.05) is 44.2 Å². The quantitative estimate of drug-likeness (QED) is 0.173. The van der Waals surface area contributed by atoms with Crippen molar-refractivity contribution in [1.29, 1.82) is 0 Å². The molecule has 0 saturated carbocycles. The summed E-state index contributed by atoms with van der Waals surface area (Å²) in [6.45, 7) is 15.8. The van der Waals surface area contributed by atoms with Gasteiger partial charge in [-0.2, -0.15) is 0 Å². The van der Waals surface area contributed by atoms with Gasteiger partial charge in [-0.25, -0.2) is 9.59 Å². The molecular weight excluding hydrogens is 628 g/mol. The molecule has 0 spiro atoms. The summed E-state index contributed by atoms with van der Waals surface area (Å²) in [5, 5.41) is 11.4. The number of nitrogens with zero attached hydrogens (tertiary/aromatic N) is 1. The minimum Gasteiger partial charge on any atom is -0.444 e. The number of rotatable bonds is 15. The molecule has 1 aromatic rings. The van der Waals surface area contributed by atoms with Crippen molar-refractivity contribution in [2.45, 2.75) is 136 Å². The highest BCUT2D eigenvalue weighted by molar-refractivity contribution is 5.93. The molecule has 5 amide bonds. The number of likely N-dealkylation sites (tertiary alicyclic amines) is 1. The minimum absolute atomic E-state index is 0.0750. The van der Waals surface area contributed by atoms with Crippen LogP contribution in [0.1, 0.15) is 99.5 Å². The lowest BCUT2D eigenvalue weighted by Crippen LogP contribution is -2.57. The number of alkyl carbamates (subject to hydrolysis) is 2. The molecular formula is C36H60N6O7. The highest BCUT2D eigenvalue weighted by atomic mass is 16.6. The van der Waals surface area contributed by atoms with Gasteiger partial charge < -0.3 is 41.4 Å². The molecule has 276 valence electrons. The molecule has 1 heterocycles. The van der Waals surface area contributed by atoms with Crippen molar-refractivity contribution in [2.24, 2.45) is 11.7 Å². The van der Waals surface area contributed by atoms with Gasteiger partial charge >= 0.3 is 12.2 Å². The zero-order valence-corrected chi connectivity index (χ0v) is 30.7. The maximum atomic E-state index is 13.9. The largest absolute Gasteiger partial charge is 0.444 e. The molecule has 49 heavy (non-hydrogen) atoms. The molecule has 0 aliphatic carbocycles. The van der Waals surface area contributed by atoms with Gasteiger partial charge in [0.2, 0.25) is 17.7 Å². The van der Waals surface area contributed by atoms with Gasteiger partial charge in [0, 0.05) is 25.7 Å². The van der Waals surface area contributed by atoms with E-state index in [1.54, 1.807) is 46.4 Å². The lowest BCUT2D eigenvalue weighted by Gasteiger charge is -2.35. The fraction of sp³-hybridized carbons (Fsp3) is 0.694. The van der Waals surface area contributed by atoms with Gasteiger partial charge in [-0.05, 0) is 98.0 Å². The van der Waals surface area contributed by atoms with Crippen LogP contribution >= 0.6 is 0 Å². The van der Waals surface area contributed by atoms with Crippen LogP contribution in [0.5, 0.6) is 0 Å². The Hall–Kier alpha value is -3.87. The van der Waals surface area contributed by atoms with Crippen molar-refractivity contribution in [1.82, 2.24) is 26.2 Å². The standard InChI is InChI=1S/C36H60N6O7/c1-24(2)22-29(41-30(43)27(37)23-25-14-10-9-11-15-25)31(44)40-28(16-12-13-19-38-33(46)48-35(3,4)5)32(45)42-20-17-26(18-21-42)39-34(47)49-36(6,7)8/h9-11,14-15,24,26-29H,12-13,16-23,37H2,1-8H3,(H,38,46)(H,39,47)(H,40,44)(H,41,43)/t27-,28-,29-/m1/s1. The number of carbonyl (C=O) groups excluding carboxylic acids is 5. The van der Waals surface area contributed by atoms with Crippen LogP contribution in [-0.4, -0.2) is 89.8 Å². The summed E-state index contributed by atoms with van der Waals surface area (Å²) in [5.74, 6) is -1.06. The Morgan fingerprint density at radius 2 is 1.41 bits per heavy atom. The number of carbonyl (C=O) groups is 5. The van der Waals surface area contributed by atoms with Crippen LogP contribution in [0, 0.1) is 5.92 Å². The SMILES string of the molecule is CC(C)C[C@@H](NC(=O)[C@H](N)Cc1ccccc1)C(=O)N[C@H](CCCCNC(=O)OC(C)(C)C)C(=O)N1CCC(NC(=O)OC(C)(C)C)CC1. The van der Waals surface area contributed by atoms with Crippen molar-refractivity contribution in [2.75, 3.05) is 19.6 Å². The number of hydrogen-bond donors (Lipinski definition) is 5. The molecule has 3 atom stereocenters. The fourth-order valence-electron chi connectivity index (χ4n) is 5.39. The molecule has 1 aliphatic rings. The van der Waals surface area contributed by atoms with Crippen molar-refractivity contribution in [3.63, 3.8) is 0 Å². The predicted octanol–water partition coefficient (Wildman–Crippen LogP) is 3.78. The Kier molecular flexibility index (Phi) is 16.3. The number of amides is 5. The highest BCUT2D eigenvalue weighted by Gasteiger charge is 2.33. The van der Waals surface area contributed by atoms with E-state index in [2.05, 4.69) is 21.3 Å². The van der Waals surface area contributed by atoms with Gasteiger partial charge in [0.05, 0.1) is 6.04 Å². The molecule has 13 nitrogen and oxygen atoms in total. The van der Waals surface area contributed by atoms with Gasteiger partial charge in [-0.3, -0.25) is 14.4 Å². The normalized spacial score (nSPS) is 15.8. The number of nitrogens with one attached hydrogen (secondary N) is 4. The number of benzene rings is 1. The van der Waals surface area contributed by atoms with Crippen molar-refractivity contribution >= 4 is 29.9 Å². The Labute approximate surface area is 292 Å². The molecule has 0 bridgehead atoms. The maximum Gasteiger partial charge on any atom is 0.407 e. The second-order valence-electron chi connectivity index (χ2n) is 15.2. The molecule has 0 unspecified atom stereocenters. The smallest absolute Gasteiger partial charge is 0.407 e. The van der Waals surface area contributed by atoms with Gasteiger partial charge in [0.1, 0.15) is 23.3 Å². The van der Waals surface area contributed by atoms with Gasteiger partial charge in [0.25, 0.3) is 0 Å². The second-order valence-corrected chi connectivity index (χ2v) is 15.2. The van der Waals surface area contributed by atoms with E-state index in [4.69, 9.17) is 15.2 Å². The second kappa shape index (κ2) is 19.4. The van der Waals surface area contributed by atoms with Crippen LogP contribution in [-0.2, 0) is 30.3 Å². The van der Waals surface area contributed by atoms with E-state index >= 15 is 0 Å². The summed E-state index contributed by atoms with van der Waals surface area (Å²) in [6.07, 6.45) is 2.16. The van der Waals surface area contributed by atoms with E-state index in [9.17, 15) is 24.0 Å². The van der Waals surface area contributed by atoms with Gasteiger partial charge in [-0.15, -0.1) is 0 Å². The molecule has 1 aromatic carbocycles. The van der Waals surface area contributed by atoms with Crippen LogP contribution in [0.3, 0.4) is 0 Å². The third kappa shape index (κ3) is 16.9. The van der Waals surface area contributed by atoms with Crippen LogP contribution in [0.25, 0.3) is 0 Å². The minimum atomic E-state index is -0.887.